The molecule has 0 aromatic heterocycles. The van der Waals surface area contributed by atoms with Crippen LogP contribution in [0.3, 0.4) is 0 Å². The molecular formula is C17H12Cl2O. The summed E-state index contributed by atoms with van der Waals surface area (Å²) >= 11 is 11.7. The molecular weight excluding hydrogens is 291 g/mol. The molecule has 0 radical (unpaired) electrons. The normalized spacial score (nSPS) is 11.3. The van der Waals surface area contributed by atoms with Crippen molar-refractivity contribution in [3.05, 3.63) is 81.9 Å². The Morgan fingerprint density at radius 3 is 1.65 bits per heavy atom. The Balaban J connectivity index is 2.02. The number of allylic oxidation sites excluding steroid dienone is 2. The van der Waals surface area contributed by atoms with E-state index in [2.05, 4.69) is 0 Å². The van der Waals surface area contributed by atoms with Gasteiger partial charge in [0.2, 0.25) is 0 Å². The van der Waals surface area contributed by atoms with Crippen LogP contribution in [0.2, 0.25) is 10.0 Å². The van der Waals surface area contributed by atoms with Crippen molar-refractivity contribution in [1.82, 2.24) is 0 Å². The van der Waals surface area contributed by atoms with Gasteiger partial charge >= 0.3 is 0 Å². The largest absolute Gasteiger partial charge is 0.290 e. The lowest BCUT2D eigenvalue weighted by Crippen LogP contribution is -1.85. The van der Waals surface area contributed by atoms with Crippen LogP contribution in [-0.4, -0.2) is 5.78 Å². The van der Waals surface area contributed by atoms with Gasteiger partial charge < -0.3 is 0 Å². The van der Waals surface area contributed by atoms with Crippen LogP contribution in [0.1, 0.15) is 11.1 Å². The number of carbonyl (C=O) groups excluding carboxylic acids is 1. The predicted octanol–water partition coefficient (Wildman–Crippen LogP) is 5.29. The van der Waals surface area contributed by atoms with Crippen molar-refractivity contribution in [2.75, 3.05) is 0 Å². The summed E-state index contributed by atoms with van der Waals surface area (Å²) in [5, 5.41) is 1.29. The van der Waals surface area contributed by atoms with E-state index < -0.39 is 0 Å². The first-order valence-corrected chi connectivity index (χ1v) is 6.80. The molecule has 2 aromatic rings. The molecule has 0 N–H and O–H groups in total. The molecule has 0 saturated carbocycles. The highest BCUT2D eigenvalue weighted by Gasteiger charge is 1.93. The third-order valence-corrected chi connectivity index (χ3v) is 3.05. The Labute approximate surface area is 128 Å². The van der Waals surface area contributed by atoms with Crippen LogP contribution in [0.15, 0.2) is 60.7 Å². The van der Waals surface area contributed by atoms with Crippen LogP contribution in [0, 0.1) is 0 Å². The standard InChI is InChI=1S/C17H12Cl2O/c18-15-5-1-3-13(11-15)7-9-17(20)10-8-14-4-2-6-16(19)12-14/h1-12H/b9-7-,10-8+. The van der Waals surface area contributed by atoms with Crippen LogP contribution < -0.4 is 0 Å². The first-order valence-electron chi connectivity index (χ1n) is 6.05. The molecule has 0 bridgehead atoms. The molecule has 0 amide bonds. The van der Waals surface area contributed by atoms with Gasteiger partial charge in [0.15, 0.2) is 5.78 Å². The Kier molecular flexibility index (Phi) is 5.16. The van der Waals surface area contributed by atoms with Gasteiger partial charge in [-0.05, 0) is 47.5 Å². The summed E-state index contributed by atoms with van der Waals surface area (Å²) in [6.45, 7) is 0. The molecule has 0 unspecified atom stereocenters. The van der Waals surface area contributed by atoms with Gasteiger partial charge in [-0.1, -0.05) is 59.6 Å². The van der Waals surface area contributed by atoms with E-state index in [0.29, 0.717) is 10.0 Å². The summed E-state index contributed by atoms with van der Waals surface area (Å²) in [6.07, 6.45) is 6.48. The molecule has 2 aromatic carbocycles. The summed E-state index contributed by atoms with van der Waals surface area (Å²) in [5.41, 5.74) is 1.78. The Morgan fingerprint density at radius 2 is 1.25 bits per heavy atom. The Hall–Kier alpha value is -1.83. The first kappa shape index (κ1) is 14.6. The van der Waals surface area contributed by atoms with Gasteiger partial charge in [0.05, 0.1) is 0 Å². The Morgan fingerprint density at radius 1 is 0.800 bits per heavy atom. The van der Waals surface area contributed by atoms with Crippen molar-refractivity contribution in [1.29, 1.82) is 0 Å². The van der Waals surface area contributed by atoms with Crippen LogP contribution in [0.25, 0.3) is 12.2 Å². The molecule has 0 aliphatic heterocycles. The van der Waals surface area contributed by atoms with Gasteiger partial charge in [-0.3, -0.25) is 4.79 Å². The van der Waals surface area contributed by atoms with Gasteiger partial charge in [-0.25, -0.2) is 0 Å². The van der Waals surface area contributed by atoms with Crippen LogP contribution >= 0.6 is 23.2 Å². The molecule has 0 spiro atoms. The molecule has 0 fully saturated rings. The van der Waals surface area contributed by atoms with Gasteiger partial charge in [-0.15, -0.1) is 0 Å². The quantitative estimate of drug-likeness (QED) is 0.701. The minimum Gasteiger partial charge on any atom is -0.290 e. The van der Waals surface area contributed by atoms with Crippen molar-refractivity contribution in [3.8, 4) is 0 Å². The van der Waals surface area contributed by atoms with E-state index in [1.54, 1.807) is 36.4 Å². The molecule has 20 heavy (non-hydrogen) atoms. The third-order valence-electron chi connectivity index (χ3n) is 2.58. The van der Waals surface area contributed by atoms with E-state index in [1.165, 1.54) is 12.2 Å². The molecule has 0 heterocycles. The molecule has 0 atom stereocenters. The van der Waals surface area contributed by atoms with Gasteiger partial charge in [-0.2, -0.15) is 0 Å². The maximum atomic E-state index is 11.7. The number of carbonyl (C=O) groups is 1. The number of rotatable bonds is 4. The molecule has 0 aliphatic rings. The highest BCUT2D eigenvalue weighted by molar-refractivity contribution is 6.31. The topological polar surface area (TPSA) is 17.1 Å². The summed E-state index contributed by atoms with van der Waals surface area (Å²) in [5.74, 6) is -0.0926. The average molecular weight is 303 g/mol. The van der Waals surface area contributed by atoms with Crippen molar-refractivity contribution < 1.29 is 4.79 Å². The number of hydrogen-bond acceptors (Lipinski definition) is 1. The molecule has 100 valence electrons. The van der Waals surface area contributed by atoms with E-state index in [0.717, 1.165) is 11.1 Å². The van der Waals surface area contributed by atoms with E-state index in [1.807, 2.05) is 24.3 Å². The maximum Gasteiger partial charge on any atom is 0.178 e. The SMILES string of the molecule is O=C(/C=C\c1cccc(Cl)c1)/C=C/c1cccc(Cl)c1. The first-order chi connectivity index (χ1) is 9.63. The fraction of sp³-hybridized carbons (Fsp3) is 0. The maximum absolute atomic E-state index is 11.7. The van der Waals surface area contributed by atoms with Crippen molar-refractivity contribution in [2.24, 2.45) is 0 Å². The Bertz CT molecular complexity index is 615. The highest BCUT2D eigenvalue weighted by atomic mass is 35.5. The van der Waals surface area contributed by atoms with Crippen molar-refractivity contribution >= 4 is 41.1 Å². The lowest BCUT2D eigenvalue weighted by Gasteiger charge is -1.94. The summed E-state index contributed by atoms with van der Waals surface area (Å²) in [6, 6.07) is 14.6. The zero-order valence-corrected chi connectivity index (χ0v) is 12.1. The highest BCUT2D eigenvalue weighted by Crippen LogP contribution is 2.13. The zero-order valence-electron chi connectivity index (χ0n) is 10.6. The summed E-state index contributed by atoms with van der Waals surface area (Å²) in [7, 11) is 0. The lowest BCUT2D eigenvalue weighted by atomic mass is 10.1. The molecule has 0 aliphatic carbocycles. The number of benzene rings is 2. The second kappa shape index (κ2) is 7.09. The fourth-order valence-electron chi connectivity index (χ4n) is 1.63. The van der Waals surface area contributed by atoms with Crippen LogP contribution in [0.4, 0.5) is 0 Å². The summed E-state index contributed by atoms with van der Waals surface area (Å²) < 4.78 is 0. The van der Waals surface area contributed by atoms with E-state index >= 15 is 0 Å². The minimum absolute atomic E-state index is 0.0926. The van der Waals surface area contributed by atoms with Crippen molar-refractivity contribution in [3.63, 3.8) is 0 Å². The average Bonchev–Trinajstić information content (AvgIpc) is 2.43. The van der Waals surface area contributed by atoms with Gasteiger partial charge in [0.25, 0.3) is 0 Å². The van der Waals surface area contributed by atoms with Crippen LogP contribution in [0.5, 0.6) is 0 Å². The van der Waals surface area contributed by atoms with E-state index in [9.17, 15) is 4.79 Å². The monoisotopic (exact) mass is 302 g/mol. The number of hydrogen-bond donors (Lipinski definition) is 0. The van der Waals surface area contributed by atoms with Crippen LogP contribution in [-0.2, 0) is 4.79 Å². The van der Waals surface area contributed by atoms with E-state index in [4.69, 9.17) is 23.2 Å². The summed E-state index contributed by atoms with van der Waals surface area (Å²) in [4.78, 5) is 11.7. The predicted molar refractivity (Wildman–Crippen MR) is 86.0 cm³/mol. The second-order valence-electron chi connectivity index (χ2n) is 4.18. The van der Waals surface area contributed by atoms with Crippen molar-refractivity contribution in [2.45, 2.75) is 0 Å². The zero-order chi connectivity index (χ0) is 14.4. The second-order valence-corrected chi connectivity index (χ2v) is 5.05. The van der Waals surface area contributed by atoms with Gasteiger partial charge in [0, 0.05) is 10.0 Å². The smallest absolute Gasteiger partial charge is 0.178 e. The van der Waals surface area contributed by atoms with E-state index in [-0.39, 0.29) is 5.78 Å². The minimum atomic E-state index is -0.0926. The fourth-order valence-corrected chi connectivity index (χ4v) is 2.03. The third kappa shape index (κ3) is 4.69. The number of ketones is 1. The lowest BCUT2D eigenvalue weighted by molar-refractivity contribution is -0.110. The molecule has 0 saturated heterocycles. The molecule has 3 heteroatoms. The molecule has 1 nitrogen and oxygen atoms in total. The van der Waals surface area contributed by atoms with Gasteiger partial charge in [0.1, 0.15) is 0 Å². The molecule has 2 rings (SSSR count). The number of halogens is 2.